The normalized spacial score (nSPS) is 29.2. The highest BCUT2D eigenvalue weighted by atomic mass is 16.5. The summed E-state index contributed by atoms with van der Waals surface area (Å²) in [6.07, 6.45) is 3.65. The minimum atomic E-state index is -0.497. The lowest BCUT2D eigenvalue weighted by molar-refractivity contribution is -0.152. The third-order valence-electron chi connectivity index (χ3n) is 5.46. The Kier molecular flexibility index (Phi) is 6.80. The Morgan fingerprint density at radius 2 is 2.12 bits per heavy atom. The Morgan fingerprint density at radius 1 is 1.36 bits per heavy atom. The van der Waals surface area contributed by atoms with Crippen molar-refractivity contribution >= 4 is 17.8 Å². The van der Waals surface area contributed by atoms with Crippen molar-refractivity contribution in [1.29, 1.82) is 5.26 Å². The van der Waals surface area contributed by atoms with E-state index >= 15 is 0 Å². The molecule has 1 aliphatic heterocycles. The van der Waals surface area contributed by atoms with Gasteiger partial charge in [0.15, 0.2) is 6.61 Å². The van der Waals surface area contributed by atoms with Crippen molar-refractivity contribution in [1.82, 2.24) is 10.2 Å². The number of nitrogens with one attached hydrogen (secondary N) is 1. The van der Waals surface area contributed by atoms with Crippen LogP contribution in [-0.4, -0.2) is 48.4 Å². The first kappa shape index (κ1) is 19.2. The summed E-state index contributed by atoms with van der Waals surface area (Å²) < 4.78 is 5.04. The summed E-state index contributed by atoms with van der Waals surface area (Å²) in [5.74, 6) is -0.412. The van der Waals surface area contributed by atoms with Crippen molar-refractivity contribution < 1.29 is 19.1 Å². The standard InChI is InChI=1S/C18H27N3O4/c1-12-5-3-6-15(13(12)2)21-10-14(9-17(21)23)18(24)25-11-16(22)20-8-4-7-19/h12-15H,3-6,8-11H2,1-2H3,(H,20,22)/t12-,13-,14-,15-/m1/s1. The molecule has 25 heavy (non-hydrogen) atoms. The van der Waals surface area contributed by atoms with Crippen molar-refractivity contribution in [2.24, 2.45) is 17.8 Å². The molecule has 138 valence electrons. The molecule has 7 nitrogen and oxygen atoms in total. The lowest BCUT2D eigenvalue weighted by Gasteiger charge is -2.39. The smallest absolute Gasteiger partial charge is 0.311 e. The molecule has 0 aromatic heterocycles. The maximum Gasteiger partial charge on any atom is 0.311 e. The quantitative estimate of drug-likeness (QED) is 0.574. The van der Waals surface area contributed by atoms with Crippen molar-refractivity contribution in [2.45, 2.75) is 52.0 Å². The van der Waals surface area contributed by atoms with Crippen LogP contribution in [0.3, 0.4) is 0 Å². The summed E-state index contributed by atoms with van der Waals surface area (Å²) in [5.41, 5.74) is 0. The van der Waals surface area contributed by atoms with Crippen LogP contribution in [-0.2, 0) is 19.1 Å². The van der Waals surface area contributed by atoms with Crippen LogP contribution in [0.25, 0.3) is 0 Å². The summed E-state index contributed by atoms with van der Waals surface area (Å²) in [7, 11) is 0. The van der Waals surface area contributed by atoms with E-state index in [9.17, 15) is 14.4 Å². The molecule has 2 rings (SSSR count). The zero-order chi connectivity index (χ0) is 18.4. The topological polar surface area (TPSA) is 99.5 Å². The van der Waals surface area contributed by atoms with Gasteiger partial charge >= 0.3 is 5.97 Å². The predicted octanol–water partition coefficient (Wildman–Crippen LogP) is 1.23. The molecule has 2 fully saturated rings. The van der Waals surface area contributed by atoms with Gasteiger partial charge in [-0.05, 0) is 18.3 Å². The molecule has 1 N–H and O–H groups in total. The number of amides is 2. The second-order valence-corrected chi connectivity index (χ2v) is 7.15. The van der Waals surface area contributed by atoms with Gasteiger partial charge in [0.2, 0.25) is 5.91 Å². The molecule has 0 aromatic rings. The Labute approximate surface area is 148 Å². The highest BCUT2D eigenvalue weighted by Gasteiger charge is 2.42. The van der Waals surface area contributed by atoms with Crippen LogP contribution in [0.15, 0.2) is 0 Å². The van der Waals surface area contributed by atoms with E-state index in [1.54, 1.807) is 0 Å². The summed E-state index contributed by atoms with van der Waals surface area (Å²) in [6.45, 7) is 4.65. The van der Waals surface area contributed by atoms with Gasteiger partial charge in [-0.3, -0.25) is 14.4 Å². The molecule has 0 aromatic carbocycles. The molecule has 1 saturated carbocycles. The van der Waals surface area contributed by atoms with Gasteiger partial charge < -0.3 is 15.0 Å². The number of nitriles is 1. The molecular weight excluding hydrogens is 322 g/mol. The number of rotatable bonds is 6. The Balaban J connectivity index is 1.82. The maximum absolute atomic E-state index is 12.4. The van der Waals surface area contributed by atoms with Crippen LogP contribution in [0.5, 0.6) is 0 Å². The van der Waals surface area contributed by atoms with Gasteiger partial charge in [0, 0.05) is 25.6 Å². The number of hydrogen-bond donors (Lipinski definition) is 1. The van der Waals surface area contributed by atoms with E-state index in [2.05, 4.69) is 19.2 Å². The second-order valence-electron chi connectivity index (χ2n) is 7.15. The summed E-state index contributed by atoms with van der Waals surface area (Å²) in [5, 5.41) is 10.9. The molecular formula is C18H27N3O4. The van der Waals surface area contributed by atoms with E-state index in [1.165, 1.54) is 6.42 Å². The monoisotopic (exact) mass is 349 g/mol. The van der Waals surface area contributed by atoms with Crippen LogP contribution in [0, 0.1) is 29.1 Å². The molecule has 0 radical (unpaired) electrons. The molecule has 1 saturated heterocycles. The van der Waals surface area contributed by atoms with E-state index in [1.807, 2.05) is 11.0 Å². The first-order valence-electron chi connectivity index (χ1n) is 9.03. The number of likely N-dealkylation sites (tertiary alicyclic amines) is 1. The Hall–Kier alpha value is -2.10. The zero-order valence-corrected chi connectivity index (χ0v) is 15.0. The van der Waals surface area contributed by atoms with Crippen LogP contribution < -0.4 is 5.32 Å². The minimum absolute atomic E-state index is 0.00590. The van der Waals surface area contributed by atoms with Gasteiger partial charge in [-0.25, -0.2) is 0 Å². The van der Waals surface area contributed by atoms with E-state index in [4.69, 9.17) is 10.00 Å². The fourth-order valence-electron chi connectivity index (χ4n) is 3.77. The Morgan fingerprint density at radius 3 is 2.84 bits per heavy atom. The number of carbonyl (C=O) groups is 3. The molecule has 0 unspecified atom stereocenters. The number of carbonyl (C=O) groups excluding carboxylic acids is 3. The van der Waals surface area contributed by atoms with Crippen LogP contribution in [0.1, 0.15) is 46.0 Å². The largest absolute Gasteiger partial charge is 0.455 e. The molecule has 2 aliphatic rings. The molecule has 2 amide bonds. The van der Waals surface area contributed by atoms with Gasteiger partial charge in [0.25, 0.3) is 5.91 Å². The highest BCUT2D eigenvalue weighted by molar-refractivity contribution is 5.88. The minimum Gasteiger partial charge on any atom is -0.455 e. The summed E-state index contributed by atoms with van der Waals surface area (Å²) in [4.78, 5) is 37.9. The first-order valence-corrected chi connectivity index (χ1v) is 9.03. The number of nitrogens with zero attached hydrogens (tertiary/aromatic N) is 2. The number of esters is 1. The van der Waals surface area contributed by atoms with E-state index in [0.29, 0.717) is 18.4 Å². The van der Waals surface area contributed by atoms with Crippen molar-refractivity contribution in [2.75, 3.05) is 19.7 Å². The van der Waals surface area contributed by atoms with Crippen molar-refractivity contribution in [3.63, 3.8) is 0 Å². The number of ether oxygens (including phenoxy) is 1. The number of hydrogen-bond acceptors (Lipinski definition) is 5. The third kappa shape index (κ3) is 4.94. The molecule has 0 spiro atoms. The zero-order valence-electron chi connectivity index (χ0n) is 15.0. The molecule has 1 heterocycles. The van der Waals surface area contributed by atoms with Gasteiger partial charge in [-0.2, -0.15) is 5.26 Å². The molecule has 4 atom stereocenters. The van der Waals surface area contributed by atoms with Gasteiger partial charge in [-0.1, -0.05) is 26.7 Å². The lowest BCUT2D eigenvalue weighted by atomic mass is 9.77. The van der Waals surface area contributed by atoms with Gasteiger partial charge in [-0.15, -0.1) is 0 Å². The first-order chi connectivity index (χ1) is 11.9. The van der Waals surface area contributed by atoms with E-state index in [0.717, 1.165) is 12.8 Å². The van der Waals surface area contributed by atoms with Crippen LogP contribution >= 0.6 is 0 Å². The van der Waals surface area contributed by atoms with E-state index < -0.39 is 17.8 Å². The van der Waals surface area contributed by atoms with E-state index in [-0.39, 0.29) is 37.9 Å². The molecule has 7 heteroatoms. The third-order valence-corrected chi connectivity index (χ3v) is 5.46. The maximum atomic E-state index is 12.4. The predicted molar refractivity (Wildman–Crippen MR) is 90.0 cm³/mol. The van der Waals surface area contributed by atoms with Crippen molar-refractivity contribution in [3.05, 3.63) is 0 Å². The average Bonchev–Trinajstić information content (AvgIpc) is 2.97. The van der Waals surface area contributed by atoms with Crippen molar-refractivity contribution in [3.8, 4) is 6.07 Å². The van der Waals surface area contributed by atoms with Crippen LogP contribution in [0.2, 0.25) is 0 Å². The fourth-order valence-corrected chi connectivity index (χ4v) is 3.77. The van der Waals surface area contributed by atoms with Crippen LogP contribution in [0.4, 0.5) is 0 Å². The Bertz CT molecular complexity index is 557. The highest BCUT2D eigenvalue weighted by Crippen LogP contribution is 2.35. The summed E-state index contributed by atoms with van der Waals surface area (Å²) in [6, 6.07) is 2.11. The molecule has 0 bridgehead atoms. The van der Waals surface area contributed by atoms with Gasteiger partial charge in [0.1, 0.15) is 0 Å². The second kappa shape index (κ2) is 8.84. The average molecular weight is 349 g/mol. The lowest BCUT2D eigenvalue weighted by Crippen LogP contribution is -2.45. The molecule has 1 aliphatic carbocycles. The SMILES string of the molecule is C[C@@H]1[C@H](C)CCC[C@H]1N1C[C@H](C(=O)OCC(=O)NCCC#N)CC1=O. The fraction of sp³-hybridized carbons (Fsp3) is 0.778. The summed E-state index contributed by atoms with van der Waals surface area (Å²) >= 11 is 0. The van der Waals surface area contributed by atoms with Gasteiger partial charge in [0.05, 0.1) is 18.4 Å².